The summed E-state index contributed by atoms with van der Waals surface area (Å²) in [6.45, 7) is 8.55. The molecule has 0 spiro atoms. The number of nitro groups is 1. The molecule has 1 saturated heterocycles. The van der Waals surface area contributed by atoms with Crippen molar-refractivity contribution in [3.05, 3.63) is 98.3 Å². The summed E-state index contributed by atoms with van der Waals surface area (Å²) >= 11 is 5.24. The van der Waals surface area contributed by atoms with Crippen LogP contribution in [0.3, 0.4) is 0 Å². The van der Waals surface area contributed by atoms with Gasteiger partial charge in [-0.3, -0.25) is 14.4 Å². The van der Waals surface area contributed by atoms with Crippen molar-refractivity contribution in [2.45, 2.75) is 46.1 Å². The largest absolute Gasteiger partial charge is 0.596 e. The summed E-state index contributed by atoms with van der Waals surface area (Å²) in [7, 11) is -3.96. The molecule has 336 valence electrons. The lowest BCUT2D eigenvalue weighted by Gasteiger charge is -2.37. The number of ether oxygens (including phenoxy) is 2. The van der Waals surface area contributed by atoms with Crippen molar-refractivity contribution in [1.82, 2.24) is 10.2 Å². The van der Waals surface area contributed by atoms with Crippen molar-refractivity contribution in [2.75, 3.05) is 74.0 Å². The van der Waals surface area contributed by atoms with Crippen molar-refractivity contribution in [2.24, 2.45) is 0 Å². The minimum Gasteiger partial charge on any atom is -0.450 e. The molecule has 0 unspecified atom stereocenters. The number of hydrogen-bond acceptors (Lipinski definition) is 10. The lowest BCUT2D eigenvalue weighted by molar-refractivity contribution is -0.444. The van der Waals surface area contributed by atoms with E-state index in [9.17, 15) is 58.9 Å². The number of nitrogens with one attached hydrogen (secondary N) is 1. The topological polar surface area (TPSA) is 155 Å². The summed E-state index contributed by atoms with van der Waals surface area (Å²) in [5, 5.41) is 12.7. The van der Waals surface area contributed by atoms with E-state index in [0.717, 1.165) is 35.6 Å². The molecule has 0 atom stereocenters. The number of carbonyl (C=O) groups is 2. The third-order valence-corrected chi connectivity index (χ3v) is 11.0. The first-order valence-corrected chi connectivity index (χ1v) is 20.7. The van der Waals surface area contributed by atoms with Gasteiger partial charge in [0, 0.05) is 44.0 Å². The summed E-state index contributed by atoms with van der Waals surface area (Å²) in [6.07, 6.45) is -8.10. The maximum Gasteiger partial charge on any atom is 0.596 e. The average molecular weight is 914 g/mol. The molecule has 3 aromatic rings. The monoisotopic (exact) mass is 913 g/mol. The van der Waals surface area contributed by atoms with Gasteiger partial charge in [-0.05, 0) is 62.2 Å². The van der Waals surface area contributed by atoms with Gasteiger partial charge in [-0.1, -0.05) is 30.7 Å². The zero-order chi connectivity index (χ0) is 45.5. The number of hydrogen-bond donors (Lipinski definition) is 1. The van der Waals surface area contributed by atoms with Crippen LogP contribution in [0.2, 0.25) is 5.02 Å². The van der Waals surface area contributed by atoms with Gasteiger partial charge >= 0.3 is 24.5 Å². The number of nitro benzene ring substituents is 1. The zero-order valence-corrected chi connectivity index (χ0v) is 34.8. The molecule has 3 aromatic carbocycles. The highest BCUT2D eigenvalue weighted by atomic mass is 35.5. The molecule has 0 aromatic heterocycles. The Balaban J connectivity index is 0.000000321. The zero-order valence-electron chi connectivity index (χ0n) is 33.3. The van der Waals surface area contributed by atoms with Gasteiger partial charge in [0.2, 0.25) is 10.0 Å². The number of amides is 2. The Kier molecular flexibility index (Phi) is 18.6. The first-order valence-electron chi connectivity index (χ1n) is 18.7. The predicted octanol–water partition coefficient (Wildman–Crippen LogP) is 7.97. The fourth-order valence-corrected chi connectivity index (χ4v) is 7.53. The molecular formula is C38H45ClF7N6O8S+. The Bertz CT molecular complexity index is 2100. The van der Waals surface area contributed by atoms with E-state index in [4.69, 9.17) is 21.1 Å². The number of benzene rings is 3. The molecule has 1 N–H and O–H groups in total. The Hall–Kier alpha value is -5.22. The van der Waals surface area contributed by atoms with Crippen LogP contribution in [0.4, 0.5) is 57.4 Å². The number of non-ortho nitro benzene ring substituents is 1. The fraction of sp³-hybridized carbons (Fsp3) is 0.447. The summed E-state index contributed by atoms with van der Waals surface area (Å²) in [5.41, 5.74) is -2.60. The van der Waals surface area contributed by atoms with Crippen LogP contribution in [0.5, 0.6) is 0 Å². The van der Waals surface area contributed by atoms with E-state index in [1.54, 1.807) is 25.3 Å². The highest BCUT2D eigenvalue weighted by Crippen LogP contribution is 2.40. The number of sulfonamides is 1. The van der Waals surface area contributed by atoms with Crippen LogP contribution in [0, 0.1) is 15.9 Å². The summed E-state index contributed by atoms with van der Waals surface area (Å²) in [6, 6.07) is 10.7. The van der Waals surface area contributed by atoms with Gasteiger partial charge in [-0.25, -0.2) is 17.6 Å². The minimum atomic E-state index is -4.75. The van der Waals surface area contributed by atoms with E-state index in [-0.39, 0.29) is 69.0 Å². The smallest absolute Gasteiger partial charge is 0.450 e. The van der Waals surface area contributed by atoms with E-state index in [1.165, 1.54) is 46.2 Å². The molecule has 61 heavy (non-hydrogen) atoms. The van der Waals surface area contributed by atoms with E-state index in [0.29, 0.717) is 24.8 Å². The van der Waals surface area contributed by atoms with Crippen LogP contribution >= 0.6 is 11.6 Å². The molecule has 14 nitrogen and oxygen atoms in total. The Morgan fingerprint density at radius 1 is 0.902 bits per heavy atom. The number of anilines is 2. The van der Waals surface area contributed by atoms with E-state index in [1.807, 2.05) is 6.21 Å². The summed E-state index contributed by atoms with van der Waals surface area (Å²) in [4.78, 5) is 35.2. The molecule has 5 rings (SSSR count). The summed E-state index contributed by atoms with van der Waals surface area (Å²) < 4.78 is 131. The van der Waals surface area contributed by atoms with Gasteiger partial charge in [-0.2, -0.15) is 31.1 Å². The van der Waals surface area contributed by atoms with Crippen molar-refractivity contribution in [3.8, 4) is 0 Å². The molecule has 0 aliphatic carbocycles. The molecule has 2 aliphatic rings. The fourth-order valence-electron chi connectivity index (χ4n) is 5.78. The van der Waals surface area contributed by atoms with E-state index < -0.39 is 61.0 Å². The minimum absolute atomic E-state index is 0.0932. The van der Waals surface area contributed by atoms with Crippen LogP contribution in [-0.2, 0) is 38.4 Å². The molecule has 0 radical (unpaired) electrons. The molecule has 2 aliphatic heterocycles. The number of alkyl halides is 6. The number of rotatable bonds is 10. The number of carbonyl (C=O) groups excluding carboxylic acids is 2. The number of nitrogens with zero attached hydrogens (tertiary/aromatic N) is 5. The quantitative estimate of drug-likeness (QED) is 0.0917. The van der Waals surface area contributed by atoms with Crippen molar-refractivity contribution < 1.29 is 67.7 Å². The van der Waals surface area contributed by atoms with Gasteiger partial charge in [-0.15, -0.1) is 4.58 Å². The highest BCUT2D eigenvalue weighted by molar-refractivity contribution is 7.92. The summed E-state index contributed by atoms with van der Waals surface area (Å²) in [5.74, 6) is -0.763. The molecule has 0 saturated carbocycles. The predicted molar refractivity (Wildman–Crippen MR) is 213 cm³/mol. The van der Waals surface area contributed by atoms with Crippen LogP contribution in [0.15, 0.2) is 60.7 Å². The highest BCUT2D eigenvalue weighted by Gasteiger charge is 2.38. The molecule has 23 heteroatoms. The van der Waals surface area contributed by atoms with Gasteiger partial charge < -0.3 is 24.6 Å². The third kappa shape index (κ3) is 15.0. The maximum atomic E-state index is 14.1. The first-order chi connectivity index (χ1) is 28.6. The Labute approximate surface area is 352 Å². The average Bonchev–Trinajstić information content (AvgIpc) is 3.21. The van der Waals surface area contributed by atoms with Crippen molar-refractivity contribution in [1.29, 1.82) is 0 Å². The molecule has 1 fully saturated rings. The van der Waals surface area contributed by atoms with Gasteiger partial charge in [0.25, 0.3) is 5.69 Å². The lowest BCUT2D eigenvalue weighted by atomic mass is 10.1. The van der Waals surface area contributed by atoms with Crippen LogP contribution in [0.1, 0.15) is 43.9 Å². The normalized spacial score (nSPS) is 14.4. The second-order valence-electron chi connectivity index (χ2n) is 13.0. The van der Waals surface area contributed by atoms with Crippen LogP contribution < -0.4 is 14.5 Å². The number of piperazine rings is 1. The van der Waals surface area contributed by atoms with Crippen LogP contribution in [0.25, 0.3) is 0 Å². The van der Waals surface area contributed by atoms with Gasteiger partial charge in [0.05, 0.1) is 65.4 Å². The van der Waals surface area contributed by atoms with Gasteiger partial charge in [0.1, 0.15) is 5.82 Å². The maximum absolute atomic E-state index is 14.1. The first kappa shape index (κ1) is 50.1. The standard InChI is InChI=1S/C24H29F4N3O4S.C7H3ClF3NO2.C7H13N2O2/c1-3-15-36(33,34)31(17-18-5-7-19(25)8-6-18)20-9-10-22(21(16-20)24(26,27)28)29-11-13-30(14-12-29)23(32)35-4-2;8-6-2-1-4(12(13)14)3-5(6)7(9,10)11;1-2-11-7(10)9-5-3-8-4-6-9/h5-10,16H,3-4,11-15,17H2,1-2H3;1-3H;5,8H,2-4,6H2,1H3/q;;+1. The molecule has 2 amide bonds. The van der Waals surface area contributed by atoms with Crippen molar-refractivity contribution in [3.63, 3.8) is 0 Å². The van der Waals surface area contributed by atoms with E-state index in [2.05, 4.69) is 5.32 Å². The molecule has 2 heterocycles. The Morgan fingerprint density at radius 2 is 1.52 bits per heavy atom. The second-order valence-corrected chi connectivity index (χ2v) is 15.4. The van der Waals surface area contributed by atoms with Crippen LogP contribution in [-0.4, -0.2) is 106 Å². The molecule has 0 bridgehead atoms. The van der Waals surface area contributed by atoms with Crippen molar-refractivity contribution >= 4 is 57.1 Å². The Morgan fingerprint density at radius 3 is 2.05 bits per heavy atom. The number of halogens is 8. The SMILES string of the molecule is CCCS(=O)(=O)N(Cc1ccc(F)cc1)c1ccc(N2CCN(C(=O)OCC)CC2)c(C(F)(F)F)c1.CCOC(=O)[N+]1=CCNCC1.O=[N+]([O-])c1ccc(Cl)c(C(F)(F)F)c1. The third-order valence-electron chi connectivity index (χ3n) is 8.71. The lowest BCUT2D eigenvalue weighted by Crippen LogP contribution is -2.49. The van der Waals surface area contributed by atoms with Gasteiger partial charge in [0.15, 0.2) is 12.8 Å². The second kappa shape index (κ2) is 22.6. The molecular weight excluding hydrogens is 869 g/mol. The van der Waals surface area contributed by atoms with E-state index >= 15 is 0 Å².